The van der Waals surface area contributed by atoms with Gasteiger partial charge in [-0.1, -0.05) is 49.2 Å². The predicted octanol–water partition coefficient (Wildman–Crippen LogP) is 6.10. The molecule has 3 atom stereocenters. The summed E-state index contributed by atoms with van der Waals surface area (Å²) in [6.45, 7) is 5.39. The fourth-order valence-electron chi connectivity index (χ4n) is 6.33. The van der Waals surface area contributed by atoms with Crippen LogP contribution < -0.4 is 21.1 Å². The monoisotopic (exact) mass is 597 g/mol. The third-order valence-corrected chi connectivity index (χ3v) is 9.02. The maximum absolute atomic E-state index is 14.7. The molecule has 2 aliphatic heterocycles. The van der Waals surface area contributed by atoms with Crippen molar-refractivity contribution in [2.24, 2.45) is 5.73 Å². The topological polar surface area (TPSA) is 111 Å². The molecule has 0 saturated carbocycles. The lowest BCUT2D eigenvalue weighted by atomic mass is 9.59. The number of carbonyl (C=O) groups excluding carboxylic acids is 3. The Morgan fingerprint density at radius 1 is 1.05 bits per heavy atom. The fourth-order valence-corrected chi connectivity index (χ4v) is 6.68. The van der Waals surface area contributed by atoms with Gasteiger partial charge in [0.25, 0.3) is 5.91 Å². The van der Waals surface area contributed by atoms with Crippen LogP contribution in [0.2, 0.25) is 10.0 Å². The van der Waals surface area contributed by atoms with E-state index in [9.17, 15) is 18.8 Å². The Kier molecular flexibility index (Phi) is 7.51. The van der Waals surface area contributed by atoms with Crippen LogP contribution in [0.15, 0.2) is 54.6 Å². The van der Waals surface area contributed by atoms with Gasteiger partial charge in [0, 0.05) is 33.6 Å². The van der Waals surface area contributed by atoms with Crippen molar-refractivity contribution in [3.05, 3.63) is 92.7 Å². The average molecular weight is 599 g/mol. The number of primary amides is 1. The van der Waals surface area contributed by atoms with E-state index in [0.29, 0.717) is 50.8 Å². The van der Waals surface area contributed by atoms with Crippen LogP contribution in [0.5, 0.6) is 5.75 Å². The minimum Gasteiger partial charge on any atom is -0.477 e. The van der Waals surface area contributed by atoms with Crippen LogP contribution in [0.3, 0.4) is 0 Å². The van der Waals surface area contributed by atoms with Crippen molar-refractivity contribution in [1.29, 1.82) is 0 Å². The highest BCUT2D eigenvalue weighted by atomic mass is 35.5. The molecule has 10 heteroatoms. The number of halogens is 3. The van der Waals surface area contributed by atoms with E-state index in [1.807, 2.05) is 0 Å². The third kappa shape index (κ3) is 4.63. The first kappa shape index (κ1) is 28.9. The Labute approximate surface area is 247 Å². The number of hydrogen-bond acceptors (Lipinski definition) is 4. The lowest BCUT2D eigenvalue weighted by Gasteiger charge is -2.47. The van der Waals surface area contributed by atoms with Gasteiger partial charge in [-0.2, -0.15) is 0 Å². The molecule has 214 valence electrons. The van der Waals surface area contributed by atoms with E-state index in [-0.39, 0.29) is 18.1 Å². The molecule has 7 nitrogen and oxygen atoms in total. The molecular weight excluding hydrogens is 568 g/mol. The highest BCUT2D eigenvalue weighted by molar-refractivity contribution is 6.31. The van der Waals surface area contributed by atoms with Gasteiger partial charge in [-0.15, -0.1) is 0 Å². The van der Waals surface area contributed by atoms with Gasteiger partial charge in [0.1, 0.15) is 17.0 Å². The second-order valence-electron chi connectivity index (χ2n) is 10.6. The zero-order valence-electron chi connectivity index (χ0n) is 22.8. The summed E-state index contributed by atoms with van der Waals surface area (Å²) in [4.78, 5) is 40.4. The number of nitrogens with one attached hydrogen (secondary N) is 2. The quantitative estimate of drug-likeness (QED) is 0.305. The van der Waals surface area contributed by atoms with Crippen molar-refractivity contribution >= 4 is 46.6 Å². The smallest absolute Gasteiger partial charge is 0.261 e. The van der Waals surface area contributed by atoms with Crippen molar-refractivity contribution in [3.8, 4) is 5.75 Å². The normalized spacial score (nSPS) is 21.8. The van der Waals surface area contributed by atoms with Crippen molar-refractivity contribution in [2.75, 3.05) is 5.32 Å². The van der Waals surface area contributed by atoms with Gasteiger partial charge < -0.3 is 21.1 Å². The van der Waals surface area contributed by atoms with Crippen LogP contribution in [-0.2, 0) is 19.8 Å². The van der Waals surface area contributed by atoms with Crippen molar-refractivity contribution in [1.82, 2.24) is 5.32 Å². The van der Waals surface area contributed by atoms with Gasteiger partial charge in [-0.05, 0) is 78.9 Å². The van der Waals surface area contributed by atoms with Crippen LogP contribution >= 0.6 is 23.2 Å². The molecule has 0 aromatic heterocycles. The summed E-state index contributed by atoms with van der Waals surface area (Å²) >= 11 is 12.8. The summed E-state index contributed by atoms with van der Waals surface area (Å²) in [7, 11) is 0. The number of ether oxygens (including phenoxy) is 1. The zero-order chi connectivity index (χ0) is 29.7. The molecule has 0 radical (unpaired) electrons. The third-order valence-electron chi connectivity index (χ3n) is 8.55. The lowest BCUT2D eigenvalue weighted by Crippen LogP contribution is -2.57. The largest absolute Gasteiger partial charge is 0.477 e. The van der Waals surface area contributed by atoms with Crippen LogP contribution in [0.25, 0.3) is 0 Å². The molecule has 3 aromatic carbocycles. The van der Waals surface area contributed by atoms with E-state index >= 15 is 0 Å². The molecular formula is C31H30Cl2FN3O4. The lowest BCUT2D eigenvalue weighted by molar-refractivity contribution is -0.135. The van der Waals surface area contributed by atoms with E-state index < -0.39 is 40.6 Å². The Morgan fingerprint density at radius 2 is 1.73 bits per heavy atom. The Hall–Kier alpha value is -3.62. The summed E-state index contributed by atoms with van der Waals surface area (Å²) in [6.07, 6.45) is 0.479. The molecule has 0 bridgehead atoms. The standard InChI is InChI=1S/C31H30Cl2FN3O4/c1-4-30(5-2,28(35)39)41-25-11-8-17(32)12-21(25)23-15-26(38)37-27(20-14-19(34)9-6-16(20)3)31(23)22-10-7-18(33)13-24(22)36-29(31)40/h6-14,23,27H,4-5,15H2,1-3H3,(H2,35,39)(H,36,40)(H,37,38)/t23-,27+,31-/m0/s1. The van der Waals surface area contributed by atoms with Gasteiger partial charge in [-0.25, -0.2) is 4.39 Å². The van der Waals surface area contributed by atoms with E-state index in [2.05, 4.69) is 10.6 Å². The molecule has 0 aliphatic carbocycles. The van der Waals surface area contributed by atoms with E-state index in [1.165, 1.54) is 12.1 Å². The van der Waals surface area contributed by atoms with Crippen molar-refractivity contribution in [2.45, 2.75) is 63.0 Å². The highest BCUT2D eigenvalue weighted by Crippen LogP contribution is 2.59. The van der Waals surface area contributed by atoms with Gasteiger partial charge in [0.05, 0.1) is 6.04 Å². The number of hydrogen-bond donors (Lipinski definition) is 3. The summed E-state index contributed by atoms with van der Waals surface area (Å²) in [6, 6.07) is 13.3. The first-order valence-corrected chi connectivity index (χ1v) is 14.2. The number of amides is 3. The second-order valence-corrected chi connectivity index (χ2v) is 11.5. The summed E-state index contributed by atoms with van der Waals surface area (Å²) in [5.74, 6) is -2.43. The highest BCUT2D eigenvalue weighted by Gasteiger charge is 2.62. The molecule has 41 heavy (non-hydrogen) atoms. The molecule has 4 N–H and O–H groups in total. The van der Waals surface area contributed by atoms with Gasteiger partial charge in [-0.3, -0.25) is 14.4 Å². The number of benzene rings is 3. The molecule has 1 fully saturated rings. The van der Waals surface area contributed by atoms with Crippen molar-refractivity contribution < 1.29 is 23.5 Å². The SMILES string of the molecule is CCC(CC)(Oc1ccc(Cl)cc1[C@@H]1CC(=O)N[C@H](c2cc(F)ccc2C)[C@@]12C(=O)Nc1cc(Cl)ccc12)C(N)=O. The van der Waals surface area contributed by atoms with Crippen LogP contribution in [0, 0.1) is 12.7 Å². The number of piperidine rings is 1. The van der Waals surface area contributed by atoms with Crippen molar-refractivity contribution in [3.63, 3.8) is 0 Å². The van der Waals surface area contributed by atoms with Crippen LogP contribution in [-0.4, -0.2) is 23.3 Å². The summed E-state index contributed by atoms with van der Waals surface area (Å²) in [5.41, 5.74) is 5.70. The first-order valence-electron chi connectivity index (χ1n) is 13.4. The van der Waals surface area contributed by atoms with Gasteiger partial charge in [0.2, 0.25) is 11.8 Å². The molecule has 2 aliphatic rings. The molecule has 1 saturated heterocycles. The summed E-state index contributed by atoms with van der Waals surface area (Å²) < 4.78 is 21.1. The molecule has 2 heterocycles. The Balaban J connectivity index is 1.82. The van der Waals surface area contributed by atoms with E-state index in [4.69, 9.17) is 33.7 Å². The molecule has 5 rings (SSSR count). The zero-order valence-corrected chi connectivity index (χ0v) is 24.3. The number of carbonyl (C=O) groups is 3. The first-order chi connectivity index (χ1) is 19.5. The number of anilines is 1. The summed E-state index contributed by atoms with van der Waals surface area (Å²) in [5, 5.41) is 6.71. The number of fused-ring (bicyclic) bond motifs is 2. The maximum Gasteiger partial charge on any atom is 0.261 e. The minimum absolute atomic E-state index is 0.112. The Bertz CT molecular complexity index is 1570. The van der Waals surface area contributed by atoms with E-state index in [0.717, 1.165) is 0 Å². The number of rotatable bonds is 7. The molecule has 1 spiro atoms. The molecule has 0 unspecified atom stereocenters. The average Bonchev–Trinajstić information content (AvgIpc) is 3.21. The fraction of sp³-hybridized carbons (Fsp3) is 0.323. The predicted molar refractivity (Wildman–Crippen MR) is 156 cm³/mol. The van der Waals surface area contributed by atoms with Crippen LogP contribution in [0.4, 0.5) is 10.1 Å². The van der Waals surface area contributed by atoms with Gasteiger partial charge >= 0.3 is 0 Å². The number of nitrogens with two attached hydrogens (primary N) is 1. The van der Waals surface area contributed by atoms with Crippen LogP contribution in [0.1, 0.15) is 67.3 Å². The molecule has 3 aromatic rings. The Morgan fingerprint density at radius 3 is 2.41 bits per heavy atom. The van der Waals surface area contributed by atoms with Gasteiger partial charge in [0.15, 0.2) is 5.60 Å². The molecule has 3 amide bonds. The minimum atomic E-state index is -1.46. The second kappa shape index (κ2) is 10.7. The number of aryl methyl sites for hydroxylation is 1. The van der Waals surface area contributed by atoms with E-state index in [1.54, 1.807) is 63.2 Å². The maximum atomic E-state index is 14.7.